The molecule has 4 rings (SSSR count). The van der Waals surface area contributed by atoms with Gasteiger partial charge in [0, 0.05) is 57.1 Å². The fourth-order valence-electron chi connectivity index (χ4n) is 4.04. The summed E-state index contributed by atoms with van der Waals surface area (Å²) >= 11 is 0. The molecule has 27 heavy (non-hydrogen) atoms. The van der Waals surface area contributed by atoms with E-state index in [2.05, 4.69) is 34.9 Å². The first-order valence-electron chi connectivity index (χ1n) is 9.68. The molecule has 2 heterocycles. The maximum Gasteiger partial charge on any atom is 0.231 e. The van der Waals surface area contributed by atoms with Gasteiger partial charge in [-0.1, -0.05) is 35.9 Å². The summed E-state index contributed by atoms with van der Waals surface area (Å²) < 4.78 is 13.8. The van der Waals surface area contributed by atoms with Gasteiger partial charge in [-0.2, -0.15) is 0 Å². The van der Waals surface area contributed by atoms with Gasteiger partial charge in [-0.3, -0.25) is 14.6 Å². The topological polar surface area (TPSA) is 26.8 Å². The summed E-state index contributed by atoms with van der Waals surface area (Å²) in [4.78, 5) is 19.0. The number of aryl methyl sites for hydroxylation is 1. The van der Waals surface area contributed by atoms with E-state index in [1.54, 1.807) is 6.07 Å². The predicted molar refractivity (Wildman–Crippen MR) is 105 cm³/mol. The van der Waals surface area contributed by atoms with Crippen LogP contribution < -0.4 is 4.90 Å². The lowest BCUT2D eigenvalue weighted by atomic mass is 10.1. The molecule has 0 bridgehead atoms. The fourth-order valence-corrected chi connectivity index (χ4v) is 4.04. The summed E-state index contributed by atoms with van der Waals surface area (Å²) in [5.74, 6) is 0.0789. The molecule has 5 heteroatoms. The normalized spacial score (nSPS) is 18.1. The number of amides is 1. The molecular formula is C22H26FN3O. The Labute approximate surface area is 160 Å². The number of carbonyl (C=O) groups excluding carboxylic acids is 1. The maximum absolute atomic E-state index is 13.8. The fraction of sp³-hybridized carbons (Fsp3) is 0.409. The number of rotatable bonds is 5. The van der Waals surface area contributed by atoms with Gasteiger partial charge in [-0.15, -0.1) is 0 Å². The zero-order valence-corrected chi connectivity index (χ0v) is 15.8. The van der Waals surface area contributed by atoms with Crippen molar-refractivity contribution < 1.29 is 9.18 Å². The van der Waals surface area contributed by atoms with Crippen molar-refractivity contribution in [3.8, 4) is 0 Å². The van der Waals surface area contributed by atoms with Gasteiger partial charge in [-0.05, 0) is 24.6 Å². The Morgan fingerprint density at radius 3 is 2.48 bits per heavy atom. The highest BCUT2D eigenvalue weighted by molar-refractivity contribution is 6.01. The molecule has 0 aromatic heterocycles. The first-order chi connectivity index (χ1) is 13.1. The summed E-state index contributed by atoms with van der Waals surface area (Å²) in [6.45, 7) is 8.12. The highest BCUT2D eigenvalue weighted by Gasteiger charge is 2.27. The molecule has 0 atom stereocenters. The molecule has 2 aliphatic rings. The van der Waals surface area contributed by atoms with E-state index in [0.29, 0.717) is 13.0 Å². The molecule has 1 fully saturated rings. The molecule has 2 aromatic rings. The van der Waals surface area contributed by atoms with E-state index < -0.39 is 0 Å². The number of carbonyl (C=O) groups is 1. The lowest BCUT2D eigenvalue weighted by molar-refractivity contribution is -0.117. The molecule has 2 aliphatic heterocycles. The molecule has 0 saturated carbocycles. The maximum atomic E-state index is 13.8. The minimum atomic E-state index is -0.124. The third kappa shape index (κ3) is 4.04. The van der Waals surface area contributed by atoms with E-state index in [9.17, 15) is 9.18 Å². The molecule has 0 unspecified atom stereocenters. The second kappa shape index (κ2) is 7.79. The van der Waals surface area contributed by atoms with Gasteiger partial charge in [0.25, 0.3) is 0 Å². The van der Waals surface area contributed by atoms with Crippen LogP contribution in [0.4, 0.5) is 10.1 Å². The standard InChI is InChI=1S/C22H26FN3O/c1-17-6-7-21-19(14-17)15-22(27)26(21)13-12-24-8-10-25(11-9-24)16-18-4-2-3-5-20(18)23/h2-7,14H,8-13,15-16H2,1H3. The largest absolute Gasteiger partial charge is 0.311 e. The van der Waals surface area contributed by atoms with Crippen LogP contribution in [0.5, 0.6) is 0 Å². The third-order valence-electron chi connectivity index (χ3n) is 5.63. The minimum absolute atomic E-state index is 0.124. The second-order valence-corrected chi connectivity index (χ2v) is 7.56. The number of hydrogen-bond acceptors (Lipinski definition) is 3. The quantitative estimate of drug-likeness (QED) is 0.813. The summed E-state index contributed by atoms with van der Waals surface area (Å²) in [6, 6.07) is 13.3. The van der Waals surface area contributed by atoms with Gasteiger partial charge in [0.05, 0.1) is 6.42 Å². The van der Waals surface area contributed by atoms with E-state index in [1.807, 2.05) is 17.0 Å². The van der Waals surface area contributed by atoms with Gasteiger partial charge >= 0.3 is 0 Å². The first kappa shape index (κ1) is 18.1. The molecule has 0 spiro atoms. The molecular weight excluding hydrogens is 341 g/mol. The smallest absolute Gasteiger partial charge is 0.231 e. The number of anilines is 1. The van der Waals surface area contributed by atoms with Gasteiger partial charge in [0.1, 0.15) is 5.82 Å². The van der Waals surface area contributed by atoms with E-state index in [4.69, 9.17) is 0 Å². The number of nitrogens with zero attached hydrogens (tertiary/aromatic N) is 3. The van der Waals surface area contributed by atoms with E-state index in [0.717, 1.165) is 56.1 Å². The van der Waals surface area contributed by atoms with Crippen LogP contribution in [0.3, 0.4) is 0 Å². The monoisotopic (exact) mass is 367 g/mol. The average Bonchev–Trinajstić information content (AvgIpc) is 2.97. The second-order valence-electron chi connectivity index (χ2n) is 7.56. The molecule has 0 aliphatic carbocycles. The van der Waals surface area contributed by atoms with Gasteiger partial charge in [0.15, 0.2) is 0 Å². The van der Waals surface area contributed by atoms with Crippen LogP contribution in [0, 0.1) is 12.7 Å². The number of hydrogen-bond donors (Lipinski definition) is 0. The van der Waals surface area contributed by atoms with Crippen molar-refractivity contribution in [3.05, 3.63) is 65.0 Å². The van der Waals surface area contributed by atoms with Crippen molar-refractivity contribution in [1.29, 1.82) is 0 Å². The first-order valence-corrected chi connectivity index (χ1v) is 9.68. The van der Waals surface area contributed by atoms with E-state index >= 15 is 0 Å². The highest BCUT2D eigenvalue weighted by Crippen LogP contribution is 2.29. The number of fused-ring (bicyclic) bond motifs is 1. The van der Waals surface area contributed by atoms with Crippen molar-refractivity contribution >= 4 is 11.6 Å². The summed E-state index contributed by atoms with van der Waals surface area (Å²) in [5, 5.41) is 0. The van der Waals surface area contributed by atoms with E-state index in [-0.39, 0.29) is 11.7 Å². The lowest BCUT2D eigenvalue weighted by Crippen LogP contribution is -2.48. The van der Waals surface area contributed by atoms with Crippen LogP contribution in [0.2, 0.25) is 0 Å². The Hall–Kier alpha value is -2.24. The van der Waals surface area contributed by atoms with Crippen molar-refractivity contribution in [2.45, 2.75) is 19.9 Å². The zero-order valence-electron chi connectivity index (χ0n) is 15.8. The van der Waals surface area contributed by atoms with Crippen LogP contribution >= 0.6 is 0 Å². The van der Waals surface area contributed by atoms with Crippen LogP contribution in [0.25, 0.3) is 0 Å². The summed E-state index contributed by atoms with van der Waals surface area (Å²) in [6.07, 6.45) is 0.521. The Kier molecular flexibility index (Phi) is 5.23. The summed E-state index contributed by atoms with van der Waals surface area (Å²) in [7, 11) is 0. The van der Waals surface area contributed by atoms with Crippen LogP contribution in [0.1, 0.15) is 16.7 Å². The predicted octanol–water partition coefficient (Wildman–Crippen LogP) is 2.84. The minimum Gasteiger partial charge on any atom is -0.311 e. The van der Waals surface area contributed by atoms with E-state index in [1.165, 1.54) is 11.6 Å². The summed E-state index contributed by atoms with van der Waals surface area (Å²) in [5.41, 5.74) is 4.19. The van der Waals surface area contributed by atoms with Gasteiger partial charge in [-0.25, -0.2) is 4.39 Å². The average molecular weight is 367 g/mol. The van der Waals surface area contributed by atoms with Gasteiger partial charge < -0.3 is 4.90 Å². The highest BCUT2D eigenvalue weighted by atomic mass is 19.1. The molecule has 142 valence electrons. The van der Waals surface area contributed by atoms with Crippen molar-refractivity contribution in [2.75, 3.05) is 44.2 Å². The Morgan fingerprint density at radius 1 is 0.963 bits per heavy atom. The molecule has 4 nitrogen and oxygen atoms in total. The molecule has 0 N–H and O–H groups in total. The van der Waals surface area contributed by atoms with Crippen molar-refractivity contribution in [1.82, 2.24) is 9.80 Å². The molecule has 1 amide bonds. The molecule has 0 radical (unpaired) electrons. The molecule has 1 saturated heterocycles. The molecule has 2 aromatic carbocycles. The van der Waals surface area contributed by atoms with Crippen LogP contribution in [-0.2, 0) is 17.8 Å². The van der Waals surface area contributed by atoms with Crippen LogP contribution in [0.15, 0.2) is 42.5 Å². The zero-order chi connectivity index (χ0) is 18.8. The Morgan fingerprint density at radius 2 is 1.70 bits per heavy atom. The van der Waals surface area contributed by atoms with Crippen molar-refractivity contribution in [3.63, 3.8) is 0 Å². The third-order valence-corrected chi connectivity index (χ3v) is 5.63. The lowest BCUT2D eigenvalue weighted by Gasteiger charge is -2.35. The number of halogens is 1. The number of piperazine rings is 1. The SMILES string of the molecule is Cc1ccc2c(c1)CC(=O)N2CCN1CCN(Cc2ccccc2F)CC1. The van der Waals surface area contributed by atoms with Crippen molar-refractivity contribution in [2.24, 2.45) is 0 Å². The van der Waals surface area contributed by atoms with Crippen LogP contribution in [-0.4, -0.2) is 55.0 Å². The number of benzene rings is 2. The van der Waals surface area contributed by atoms with Gasteiger partial charge in [0.2, 0.25) is 5.91 Å². The Balaban J connectivity index is 1.28. The Bertz CT molecular complexity index is 830.